The lowest BCUT2D eigenvalue weighted by Gasteiger charge is -2.03. The van der Waals surface area contributed by atoms with Crippen LogP contribution >= 0.6 is 11.3 Å². The molecule has 0 spiro atoms. The highest BCUT2D eigenvalue weighted by Crippen LogP contribution is 2.27. The number of rotatable bonds is 4. The number of hydrogen-bond donors (Lipinski definition) is 3. The third kappa shape index (κ3) is 3.04. The molecule has 1 heterocycles. The van der Waals surface area contributed by atoms with Gasteiger partial charge in [0.2, 0.25) is 0 Å². The Morgan fingerprint density at radius 1 is 1.25 bits per heavy atom. The van der Waals surface area contributed by atoms with Crippen LogP contribution in [-0.4, -0.2) is 22.1 Å². The molecule has 0 fully saturated rings. The number of carboxylic acids is 1. The van der Waals surface area contributed by atoms with Crippen LogP contribution in [-0.2, 0) is 6.61 Å². The first-order chi connectivity index (χ1) is 9.51. The quantitative estimate of drug-likeness (QED) is 0.807. The summed E-state index contributed by atoms with van der Waals surface area (Å²) in [5.41, 5.74) is 1.79. The van der Waals surface area contributed by atoms with E-state index >= 15 is 0 Å². The van der Waals surface area contributed by atoms with Gasteiger partial charge in [-0.2, -0.15) is 0 Å². The Kier molecular flexibility index (Phi) is 4.16. The predicted octanol–water partition coefficient (Wildman–Crippen LogP) is 2.50. The van der Waals surface area contributed by atoms with Gasteiger partial charge in [-0.05, 0) is 36.2 Å². The summed E-state index contributed by atoms with van der Waals surface area (Å²) in [5, 5.41) is 21.1. The SMILES string of the molecule is Cc1cc(NC(=O)c2ccc(CO)cc2)sc1C(=O)O. The lowest BCUT2D eigenvalue weighted by Crippen LogP contribution is -2.10. The number of aryl methyl sites for hydroxylation is 1. The van der Waals surface area contributed by atoms with Crippen molar-refractivity contribution in [1.29, 1.82) is 0 Å². The van der Waals surface area contributed by atoms with Gasteiger partial charge in [-0.3, -0.25) is 4.79 Å². The molecule has 2 aromatic rings. The molecule has 2 rings (SSSR count). The summed E-state index contributed by atoms with van der Waals surface area (Å²) in [6.07, 6.45) is 0. The van der Waals surface area contributed by atoms with E-state index in [0.717, 1.165) is 16.9 Å². The Hall–Kier alpha value is -2.18. The summed E-state index contributed by atoms with van der Waals surface area (Å²) >= 11 is 1.03. The number of nitrogens with one attached hydrogen (secondary N) is 1. The average Bonchev–Trinajstić information content (AvgIpc) is 2.79. The Morgan fingerprint density at radius 3 is 2.40 bits per heavy atom. The lowest BCUT2D eigenvalue weighted by atomic mass is 10.1. The van der Waals surface area contributed by atoms with Crippen molar-refractivity contribution >= 4 is 28.2 Å². The van der Waals surface area contributed by atoms with Crippen molar-refractivity contribution in [3.05, 3.63) is 51.9 Å². The van der Waals surface area contributed by atoms with E-state index in [0.29, 0.717) is 16.1 Å². The summed E-state index contributed by atoms with van der Waals surface area (Å²) < 4.78 is 0. The van der Waals surface area contributed by atoms with Crippen LogP contribution in [0.1, 0.15) is 31.2 Å². The van der Waals surface area contributed by atoms with E-state index in [4.69, 9.17) is 10.2 Å². The van der Waals surface area contributed by atoms with Crippen LogP contribution < -0.4 is 5.32 Å². The van der Waals surface area contributed by atoms with Crippen molar-refractivity contribution in [1.82, 2.24) is 0 Å². The van der Waals surface area contributed by atoms with E-state index in [1.165, 1.54) is 0 Å². The number of amides is 1. The number of aliphatic hydroxyl groups is 1. The molecule has 0 radical (unpaired) electrons. The summed E-state index contributed by atoms with van der Waals surface area (Å²) in [6.45, 7) is 1.61. The number of benzene rings is 1. The number of carbonyl (C=O) groups is 2. The van der Waals surface area contributed by atoms with Crippen molar-refractivity contribution < 1.29 is 19.8 Å². The van der Waals surface area contributed by atoms with Crippen LogP contribution in [0.15, 0.2) is 30.3 Å². The molecule has 104 valence electrons. The van der Waals surface area contributed by atoms with Crippen molar-refractivity contribution in [2.45, 2.75) is 13.5 Å². The number of aliphatic hydroxyl groups excluding tert-OH is 1. The second-order valence-electron chi connectivity index (χ2n) is 4.24. The first-order valence-corrected chi connectivity index (χ1v) is 6.68. The lowest BCUT2D eigenvalue weighted by molar-refractivity contribution is 0.0701. The van der Waals surface area contributed by atoms with Gasteiger partial charge < -0.3 is 15.5 Å². The van der Waals surface area contributed by atoms with Crippen molar-refractivity contribution in [2.75, 3.05) is 5.32 Å². The Balaban J connectivity index is 2.14. The van der Waals surface area contributed by atoms with Crippen LogP contribution in [0.5, 0.6) is 0 Å². The van der Waals surface area contributed by atoms with Crippen molar-refractivity contribution in [2.24, 2.45) is 0 Å². The van der Waals surface area contributed by atoms with E-state index in [9.17, 15) is 9.59 Å². The molecular weight excluding hydrogens is 278 g/mol. The Bertz CT molecular complexity index is 646. The van der Waals surface area contributed by atoms with E-state index < -0.39 is 5.97 Å². The number of anilines is 1. The van der Waals surface area contributed by atoms with Gasteiger partial charge in [0.25, 0.3) is 5.91 Å². The maximum Gasteiger partial charge on any atom is 0.346 e. The highest BCUT2D eigenvalue weighted by atomic mass is 32.1. The largest absolute Gasteiger partial charge is 0.477 e. The zero-order chi connectivity index (χ0) is 14.7. The van der Waals surface area contributed by atoms with Crippen LogP contribution in [0, 0.1) is 6.92 Å². The standard InChI is InChI=1S/C14H13NO4S/c1-8-6-11(20-12(8)14(18)19)15-13(17)10-4-2-9(7-16)3-5-10/h2-6,16H,7H2,1H3,(H,15,17)(H,18,19). The minimum Gasteiger partial charge on any atom is -0.477 e. The van der Waals surface area contributed by atoms with Gasteiger partial charge in [-0.15, -0.1) is 11.3 Å². The molecule has 5 nitrogen and oxygen atoms in total. The number of thiophene rings is 1. The number of carbonyl (C=O) groups excluding carboxylic acids is 1. The molecule has 0 bridgehead atoms. The van der Waals surface area contributed by atoms with Crippen LogP contribution in [0.25, 0.3) is 0 Å². The van der Waals surface area contributed by atoms with Gasteiger partial charge in [0, 0.05) is 5.56 Å². The van der Waals surface area contributed by atoms with Crippen LogP contribution in [0.2, 0.25) is 0 Å². The third-order valence-electron chi connectivity index (χ3n) is 2.75. The third-order valence-corrected chi connectivity index (χ3v) is 3.89. The van der Waals surface area contributed by atoms with Gasteiger partial charge in [-0.1, -0.05) is 12.1 Å². The number of hydrogen-bond acceptors (Lipinski definition) is 4. The van der Waals surface area contributed by atoms with Crippen molar-refractivity contribution in [3.8, 4) is 0 Å². The van der Waals surface area contributed by atoms with Gasteiger partial charge in [0.1, 0.15) is 4.88 Å². The minimum absolute atomic E-state index is 0.0754. The Labute approximate surface area is 119 Å². The molecule has 0 aliphatic heterocycles. The normalized spacial score (nSPS) is 10.3. The molecular formula is C14H13NO4S. The molecule has 3 N–H and O–H groups in total. The molecule has 1 aromatic heterocycles. The van der Waals surface area contributed by atoms with Gasteiger partial charge in [0.05, 0.1) is 11.6 Å². The van der Waals surface area contributed by atoms with Gasteiger partial charge >= 0.3 is 5.97 Å². The molecule has 20 heavy (non-hydrogen) atoms. The first-order valence-electron chi connectivity index (χ1n) is 5.86. The smallest absolute Gasteiger partial charge is 0.346 e. The average molecular weight is 291 g/mol. The summed E-state index contributed by atoms with van der Waals surface area (Å²) in [6, 6.07) is 8.18. The summed E-state index contributed by atoms with van der Waals surface area (Å²) in [5.74, 6) is -1.31. The molecule has 0 saturated heterocycles. The van der Waals surface area contributed by atoms with Gasteiger partial charge in [0.15, 0.2) is 0 Å². The summed E-state index contributed by atoms with van der Waals surface area (Å²) in [7, 11) is 0. The minimum atomic E-state index is -1.000. The zero-order valence-electron chi connectivity index (χ0n) is 10.7. The fourth-order valence-corrected chi connectivity index (χ4v) is 2.61. The predicted molar refractivity (Wildman–Crippen MR) is 76.3 cm³/mol. The molecule has 6 heteroatoms. The zero-order valence-corrected chi connectivity index (χ0v) is 11.5. The summed E-state index contributed by atoms with van der Waals surface area (Å²) in [4.78, 5) is 23.1. The van der Waals surface area contributed by atoms with Crippen molar-refractivity contribution in [3.63, 3.8) is 0 Å². The second-order valence-corrected chi connectivity index (χ2v) is 5.29. The molecule has 1 amide bonds. The topological polar surface area (TPSA) is 86.6 Å². The first kappa shape index (κ1) is 14.2. The fourth-order valence-electron chi connectivity index (χ4n) is 1.70. The maximum absolute atomic E-state index is 12.0. The van der Waals surface area contributed by atoms with E-state index in [1.807, 2.05) is 0 Å². The Morgan fingerprint density at radius 2 is 1.90 bits per heavy atom. The number of carboxylic acid groups (broad SMARTS) is 1. The monoisotopic (exact) mass is 291 g/mol. The molecule has 1 aromatic carbocycles. The van der Waals surface area contributed by atoms with Crippen LogP contribution in [0.3, 0.4) is 0 Å². The molecule has 0 saturated carbocycles. The molecule has 0 unspecified atom stereocenters. The van der Waals surface area contributed by atoms with E-state index in [-0.39, 0.29) is 17.4 Å². The maximum atomic E-state index is 12.0. The second kappa shape index (κ2) is 5.85. The number of aromatic carboxylic acids is 1. The fraction of sp³-hybridized carbons (Fsp3) is 0.143. The molecule has 0 atom stereocenters. The van der Waals surface area contributed by atoms with Gasteiger partial charge in [-0.25, -0.2) is 4.79 Å². The highest BCUT2D eigenvalue weighted by Gasteiger charge is 2.14. The molecule has 0 aliphatic rings. The highest BCUT2D eigenvalue weighted by molar-refractivity contribution is 7.18. The van der Waals surface area contributed by atoms with E-state index in [1.54, 1.807) is 37.3 Å². The van der Waals surface area contributed by atoms with Crippen LogP contribution in [0.4, 0.5) is 5.00 Å². The molecule has 0 aliphatic carbocycles. The van der Waals surface area contributed by atoms with E-state index in [2.05, 4.69) is 5.32 Å².